The number of aliphatic hydroxyl groups is 1. The van der Waals surface area contributed by atoms with Crippen LogP contribution in [0.3, 0.4) is 0 Å². The summed E-state index contributed by atoms with van der Waals surface area (Å²) in [5, 5.41) is 11.0. The number of hydrogen-bond acceptors (Lipinski definition) is 2. The summed E-state index contributed by atoms with van der Waals surface area (Å²) in [5.74, 6) is 0.119. The van der Waals surface area contributed by atoms with Crippen molar-refractivity contribution in [2.24, 2.45) is 17.1 Å². The molecule has 0 bridgehead atoms. The Morgan fingerprint density at radius 2 is 2.26 bits per heavy atom. The maximum atomic E-state index is 13.4. The molecule has 1 aliphatic carbocycles. The van der Waals surface area contributed by atoms with Crippen LogP contribution in [0.25, 0.3) is 0 Å². The fraction of sp³-hybridized carbons (Fsp3) is 0.600. The molecule has 0 heterocycles. The fourth-order valence-corrected chi connectivity index (χ4v) is 3.56. The van der Waals surface area contributed by atoms with E-state index in [1.54, 1.807) is 6.07 Å². The molecular weight excluding hydrogens is 265 g/mol. The predicted octanol–water partition coefficient (Wildman–Crippen LogP) is 3.67. The monoisotopic (exact) mass is 285 g/mol. The molecule has 106 valence electrons. The third-order valence-corrected chi connectivity index (χ3v) is 4.53. The first-order valence-electron chi connectivity index (χ1n) is 6.81. The molecule has 3 unspecified atom stereocenters. The Balaban J connectivity index is 2.31. The molecule has 2 rings (SSSR count). The lowest BCUT2D eigenvalue weighted by Gasteiger charge is -2.43. The molecule has 4 heteroatoms. The maximum absolute atomic E-state index is 13.4. The van der Waals surface area contributed by atoms with Gasteiger partial charge in [0, 0.05) is 17.0 Å². The van der Waals surface area contributed by atoms with E-state index in [4.69, 9.17) is 17.3 Å². The van der Waals surface area contributed by atoms with Crippen molar-refractivity contribution in [3.05, 3.63) is 34.6 Å². The van der Waals surface area contributed by atoms with Gasteiger partial charge in [0.15, 0.2) is 0 Å². The predicted molar refractivity (Wildman–Crippen MR) is 75.5 cm³/mol. The van der Waals surface area contributed by atoms with Crippen LogP contribution >= 0.6 is 11.6 Å². The Morgan fingerprint density at radius 1 is 1.53 bits per heavy atom. The van der Waals surface area contributed by atoms with E-state index in [-0.39, 0.29) is 5.41 Å². The van der Waals surface area contributed by atoms with Crippen LogP contribution in [0.2, 0.25) is 5.02 Å². The second-order valence-corrected chi connectivity index (χ2v) is 6.31. The summed E-state index contributed by atoms with van der Waals surface area (Å²) in [4.78, 5) is 0. The Labute approximate surface area is 118 Å². The number of hydrogen-bond donors (Lipinski definition) is 2. The molecule has 1 aliphatic rings. The second kappa shape index (κ2) is 5.78. The summed E-state index contributed by atoms with van der Waals surface area (Å²) in [6.07, 6.45) is 3.21. The van der Waals surface area contributed by atoms with Crippen LogP contribution in [0, 0.1) is 17.2 Å². The van der Waals surface area contributed by atoms with Gasteiger partial charge >= 0.3 is 0 Å². The van der Waals surface area contributed by atoms with E-state index in [1.807, 2.05) is 0 Å². The van der Waals surface area contributed by atoms with Crippen molar-refractivity contribution in [1.29, 1.82) is 0 Å². The first-order chi connectivity index (χ1) is 8.97. The fourth-order valence-electron chi connectivity index (χ4n) is 3.33. The highest BCUT2D eigenvalue weighted by atomic mass is 35.5. The minimum Gasteiger partial charge on any atom is -0.388 e. The summed E-state index contributed by atoms with van der Waals surface area (Å²) < 4.78 is 13.4. The minimum absolute atomic E-state index is 0.310. The Morgan fingerprint density at radius 3 is 2.84 bits per heavy atom. The minimum atomic E-state index is -0.756. The van der Waals surface area contributed by atoms with Gasteiger partial charge in [-0.25, -0.2) is 4.39 Å². The van der Waals surface area contributed by atoms with Crippen molar-refractivity contribution >= 4 is 11.6 Å². The van der Waals surface area contributed by atoms with Gasteiger partial charge in [-0.2, -0.15) is 0 Å². The van der Waals surface area contributed by atoms with Crippen LogP contribution in [0.4, 0.5) is 4.39 Å². The second-order valence-electron chi connectivity index (χ2n) is 5.87. The molecule has 0 aliphatic heterocycles. The molecule has 1 aromatic carbocycles. The van der Waals surface area contributed by atoms with Gasteiger partial charge in [0.2, 0.25) is 0 Å². The molecule has 0 saturated heterocycles. The molecule has 0 spiro atoms. The van der Waals surface area contributed by atoms with Crippen LogP contribution in [0.1, 0.15) is 44.3 Å². The number of rotatable bonds is 3. The summed E-state index contributed by atoms with van der Waals surface area (Å²) in [6.45, 7) is 2.58. The first kappa shape index (κ1) is 14.8. The molecule has 0 radical (unpaired) electrons. The zero-order valence-electron chi connectivity index (χ0n) is 11.2. The molecule has 2 nitrogen and oxygen atoms in total. The van der Waals surface area contributed by atoms with Gasteiger partial charge in [-0.3, -0.25) is 0 Å². The Hall–Kier alpha value is -0.640. The summed E-state index contributed by atoms with van der Waals surface area (Å²) in [6, 6.07) is 4.23. The highest BCUT2D eigenvalue weighted by Gasteiger charge is 2.40. The van der Waals surface area contributed by atoms with Gasteiger partial charge in [-0.1, -0.05) is 31.4 Å². The third-order valence-electron chi connectivity index (χ3n) is 4.31. The molecule has 3 N–H and O–H groups in total. The molecule has 1 fully saturated rings. The lowest BCUT2D eigenvalue weighted by molar-refractivity contribution is -0.0132. The van der Waals surface area contributed by atoms with Crippen molar-refractivity contribution in [3.8, 4) is 0 Å². The molecule has 19 heavy (non-hydrogen) atoms. The zero-order valence-corrected chi connectivity index (χ0v) is 12.0. The topological polar surface area (TPSA) is 46.2 Å². The molecular formula is C15H21ClFNO. The van der Waals surface area contributed by atoms with Crippen molar-refractivity contribution in [2.75, 3.05) is 6.54 Å². The van der Waals surface area contributed by atoms with E-state index in [2.05, 4.69) is 6.92 Å². The standard InChI is InChI=1S/C15H21ClFNO/c1-10-3-2-4-15(8-10,9-18)14(19)11-5-12(16)7-13(17)6-11/h5-7,10,14,19H,2-4,8-9,18H2,1H3. The van der Waals surface area contributed by atoms with Gasteiger partial charge in [0.1, 0.15) is 5.82 Å². The van der Waals surface area contributed by atoms with Crippen molar-refractivity contribution in [1.82, 2.24) is 0 Å². The van der Waals surface area contributed by atoms with Crippen LogP contribution in [-0.4, -0.2) is 11.7 Å². The highest BCUT2D eigenvalue weighted by molar-refractivity contribution is 6.30. The number of halogens is 2. The lowest BCUT2D eigenvalue weighted by Crippen LogP contribution is -2.40. The van der Waals surface area contributed by atoms with Crippen molar-refractivity contribution in [2.45, 2.75) is 38.7 Å². The first-order valence-corrected chi connectivity index (χ1v) is 7.19. The van der Waals surface area contributed by atoms with Gasteiger partial charge < -0.3 is 10.8 Å². The van der Waals surface area contributed by atoms with Gasteiger partial charge in [0.05, 0.1) is 6.10 Å². The van der Waals surface area contributed by atoms with E-state index in [9.17, 15) is 9.50 Å². The van der Waals surface area contributed by atoms with E-state index in [0.29, 0.717) is 23.0 Å². The Bertz CT molecular complexity index is 434. The zero-order chi connectivity index (χ0) is 14.0. The summed E-state index contributed by atoms with van der Waals surface area (Å²) >= 11 is 5.87. The maximum Gasteiger partial charge on any atom is 0.125 e. The van der Waals surface area contributed by atoms with E-state index < -0.39 is 11.9 Å². The third kappa shape index (κ3) is 3.10. The molecule has 1 aromatic rings. The molecule has 1 saturated carbocycles. The van der Waals surface area contributed by atoms with E-state index in [1.165, 1.54) is 18.6 Å². The Kier molecular flexibility index (Phi) is 4.49. The van der Waals surface area contributed by atoms with Crippen LogP contribution in [0.5, 0.6) is 0 Å². The average Bonchev–Trinajstić information content (AvgIpc) is 2.36. The quantitative estimate of drug-likeness (QED) is 0.890. The highest BCUT2D eigenvalue weighted by Crippen LogP contribution is 2.47. The largest absolute Gasteiger partial charge is 0.388 e. The summed E-state index contributed by atoms with van der Waals surface area (Å²) in [5.41, 5.74) is 6.11. The van der Waals surface area contributed by atoms with Crippen LogP contribution < -0.4 is 5.73 Å². The number of aliphatic hydroxyl groups excluding tert-OH is 1. The molecule has 3 atom stereocenters. The van der Waals surface area contributed by atoms with E-state index >= 15 is 0 Å². The number of benzene rings is 1. The van der Waals surface area contributed by atoms with E-state index in [0.717, 1.165) is 19.3 Å². The molecule has 0 amide bonds. The van der Waals surface area contributed by atoms with Crippen LogP contribution in [-0.2, 0) is 0 Å². The van der Waals surface area contributed by atoms with Gasteiger partial charge in [0.25, 0.3) is 0 Å². The van der Waals surface area contributed by atoms with Gasteiger partial charge in [-0.05, 0) is 42.5 Å². The smallest absolute Gasteiger partial charge is 0.125 e. The SMILES string of the molecule is CC1CCCC(CN)(C(O)c2cc(F)cc(Cl)c2)C1. The van der Waals surface area contributed by atoms with Crippen molar-refractivity contribution in [3.63, 3.8) is 0 Å². The lowest BCUT2D eigenvalue weighted by atomic mass is 9.65. The normalized spacial score (nSPS) is 29.2. The molecule has 0 aromatic heterocycles. The van der Waals surface area contributed by atoms with Gasteiger partial charge in [-0.15, -0.1) is 0 Å². The van der Waals surface area contributed by atoms with Crippen molar-refractivity contribution < 1.29 is 9.50 Å². The summed E-state index contributed by atoms with van der Waals surface area (Å²) in [7, 11) is 0. The van der Waals surface area contributed by atoms with Crippen LogP contribution in [0.15, 0.2) is 18.2 Å². The number of nitrogens with two attached hydrogens (primary N) is 1. The average molecular weight is 286 g/mol.